The third-order valence-electron chi connectivity index (χ3n) is 4.75. The Morgan fingerprint density at radius 1 is 1.13 bits per heavy atom. The number of fused-ring (bicyclic) bond motifs is 1. The van der Waals surface area contributed by atoms with Crippen LogP contribution in [0.5, 0.6) is 0 Å². The summed E-state index contributed by atoms with van der Waals surface area (Å²) >= 11 is 0. The summed E-state index contributed by atoms with van der Waals surface area (Å²) in [7, 11) is 0. The van der Waals surface area contributed by atoms with Gasteiger partial charge in [0.1, 0.15) is 5.56 Å². The lowest BCUT2D eigenvalue weighted by Crippen LogP contribution is -2.21. The van der Waals surface area contributed by atoms with E-state index in [9.17, 15) is 14.4 Å². The van der Waals surface area contributed by atoms with Crippen LogP contribution in [0.4, 0.5) is 5.69 Å². The quantitative estimate of drug-likeness (QED) is 0.573. The molecule has 30 heavy (non-hydrogen) atoms. The maximum absolute atomic E-state index is 12.1. The number of hydrogen-bond donors (Lipinski definition) is 2. The van der Waals surface area contributed by atoms with Crippen LogP contribution in [0.25, 0.3) is 5.65 Å². The van der Waals surface area contributed by atoms with E-state index in [0.29, 0.717) is 23.4 Å². The van der Waals surface area contributed by atoms with Crippen molar-refractivity contribution in [2.45, 2.75) is 33.6 Å². The predicted molar refractivity (Wildman–Crippen MR) is 110 cm³/mol. The first-order valence-electron chi connectivity index (χ1n) is 9.42. The van der Waals surface area contributed by atoms with Crippen LogP contribution in [0.15, 0.2) is 30.5 Å². The molecule has 2 amide bonds. The van der Waals surface area contributed by atoms with Gasteiger partial charge in [-0.3, -0.25) is 14.4 Å². The van der Waals surface area contributed by atoms with Crippen molar-refractivity contribution in [2.75, 3.05) is 11.9 Å². The van der Waals surface area contributed by atoms with Crippen LogP contribution in [-0.2, 0) is 20.7 Å². The second-order valence-electron chi connectivity index (χ2n) is 6.99. The second-order valence-corrected chi connectivity index (χ2v) is 6.99. The molecule has 0 bridgehead atoms. The van der Waals surface area contributed by atoms with Gasteiger partial charge < -0.3 is 15.8 Å². The number of nitrogens with two attached hydrogens (primary N) is 1. The minimum Gasteiger partial charge on any atom is -0.456 e. The Kier molecular flexibility index (Phi) is 6.10. The van der Waals surface area contributed by atoms with Crippen LogP contribution in [-0.4, -0.2) is 39.0 Å². The van der Waals surface area contributed by atoms with Gasteiger partial charge in [-0.1, -0.05) is 17.7 Å². The first kappa shape index (κ1) is 21.0. The molecule has 0 aliphatic heterocycles. The molecule has 9 heteroatoms. The van der Waals surface area contributed by atoms with Gasteiger partial charge in [0.25, 0.3) is 11.8 Å². The van der Waals surface area contributed by atoms with Crippen molar-refractivity contribution in [3.05, 3.63) is 58.5 Å². The number of aryl methyl sites for hydroxylation is 3. The number of primary amides is 1. The Morgan fingerprint density at radius 2 is 1.83 bits per heavy atom. The molecule has 0 atom stereocenters. The largest absolute Gasteiger partial charge is 0.456 e. The summed E-state index contributed by atoms with van der Waals surface area (Å²) in [5, 5.41) is 6.83. The molecule has 2 aromatic heterocycles. The molecule has 0 unspecified atom stereocenters. The number of nitrogens with zero attached hydrogens (tertiary/aromatic N) is 3. The average Bonchev–Trinajstić information content (AvgIpc) is 3.12. The van der Waals surface area contributed by atoms with Crippen molar-refractivity contribution < 1.29 is 19.1 Å². The van der Waals surface area contributed by atoms with E-state index in [-0.39, 0.29) is 18.6 Å². The Morgan fingerprint density at radius 3 is 2.50 bits per heavy atom. The minimum absolute atomic E-state index is 0.0800. The van der Waals surface area contributed by atoms with E-state index in [4.69, 9.17) is 10.5 Å². The summed E-state index contributed by atoms with van der Waals surface area (Å²) in [6.07, 6.45) is 1.82. The standard InChI is InChI=1S/C21H23N5O4/c1-12-4-6-15(7-5-12)25-18(27)11-30-19(28)9-8-16-13(2)24-21-17(20(22)29)10-23-26(21)14(16)3/h4-7,10H,8-9,11H2,1-3H3,(H2,22,29)(H,25,27). The number of anilines is 1. The van der Waals surface area contributed by atoms with Gasteiger partial charge in [0.05, 0.1) is 6.20 Å². The van der Waals surface area contributed by atoms with Gasteiger partial charge in [0, 0.05) is 23.5 Å². The van der Waals surface area contributed by atoms with Crippen LogP contribution in [0.1, 0.15) is 39.3 Å². The Hall–Kier alpha value is -3.75. The van der Waals surface area contributed by atoms with Gasteiger partial charge in [-0.25, -0.2) is 9.50 Å². The highest BCUT2D eigenvalue weighted by Gasteiger charge is 2.17. The molecule has 0 fully saturated rings. The second kappa shape index (κ2) is 8.73. The zero-order chi connectivity index (χ0) is 21.8. The Balaban J connectivity index is 1.58. The molecule has 0 saturated carbocycles. The third kappa shape index (κ3) is 4.62. The molecule has 156 valence electrons. The van der Waals surface area contributed by atoms with Crippen molar-refractivity contribution >= 4 is 29.1 Å². The number of nitrogens with one attached hydrogen (secondary N) is 1. The molecular weight excluding hydrogens is 386 g/mol. The fourth-order valence-electron chi connectivity index (χ4n) is 3.13. The number of carbonyl (C=O) groups excluding carboxylic acids is 3. The van der Waals surface area contributed by atoms with Crippen LogP contribution in [0.2, 0.25) is 0 Å². The molecule has 2 heterocycles. The molecule has 1 aromatic carbocycles. The maximum Gasteiger partial charge on any atom is 0.306 e. The summed E-state index contributed by atoms with van der Waals surface area (Å²) in [6.45, 7) is 5.21. The fourth-order valence-corrected chi connectivity index (χ4v) is 3.13. The van der Waals surface area contributed by atoms with E-state index in [1.807, 2.05) is 26.0 Å². The minimum atomic E-state index is -0.600. The van der Waals surface area contributed by atoms with Crippen LogP contribution in [0.3, 0.4) is 0 Å². The van der Waals surface area contributed by atoms with E-state index in [0.717, 1.165) is 16.8 Å². The van der Waals surface area contributed by atoms with Crippen molar-refractivity contribution in [1.82, 2.24) is 14.6 Å². The molecule has 0 radical (unpaired) electrons. The highest BCUT2D eigenvalue weighted by atomic mass is 16.5. The highest BCUT2D eigenvalue weighted by Crippen LogP contribution is 2.18. The number of carbonyl (C=O) groups is 3. The van der Waals surface area contributed by atoms with Crippen LogP contribution in [0, 0.1) is 20.8 Å². The molecule has 0 spiro atoms. The molecule has 3 rings (SSSR count). The molecule has 3 aromatic rings. The first-order valence-corrected chi connectivity index (χ1v) is 9.42. The zero-order valence-electron chi connectivity index (χ0n) is 17.1. The number of ether oxygens (including phenoxy) is 1. The topological polar surface area (TPSA) is 129 Å². The number of amides is 2. The summed E-state index contributed by atoms with van der Waals surface area (Å²) in [5.74, 6) is -1.50. The molecule has 9 nitrogen and oxygen atoms in total. The number of aromatic nitrogens is 3. The smallest absolute Gasteiger partial charge is 0.306 e. The fraction of sp³-hybridized carbons (Fsp3) is 0.286. The monoisotopic (exact) mass is 409 g/mol. The third-order valence-corrected chi connectivity index (χ3v) is 4.75. The zero-order valence-corrected chi connectivity index (χ0v) is 17.1. The first-order chi connectivity index (χ1) is 14.3. The predicted octanol–water partition coefficient (Wildman–Crippen LogP) is 1.87. The van der Waals surface area contributed by atoms with Crippen molar-refractivity contribution in [3.63, 3.8) is 0 Å². The summed E-state index contributed by atoms with van der Waals surface area (Å²) < 4.78 is 6.60. The Labute approximate surface area is 173 Å². The summed E-state index contributed by atoms with van der Waals surface area (Å²) in [6, 6.07) is 7.32. The average molecular weight is 409 g/mol. The van der Waals surface area contributed by atoms with Gasteiger partial charge in [-0.15, -0.1) is 0 Å². The lowest BCUT2D eigenvalue weighted by Gasteiger charge is -2.11. The van der Waals surface area contributed by atoms with Gasteiger partial charge in [-0.2, -0.15) is 5.10 Å². The van der Waals surface area contributed by atoms with E-state index in [1.54, 1.807) is 19.1 Å². The van der Waals surface area contributed by atoms with Crippen LogP contribution < -0.4 is 11.1 Å². The summed E-state index contributed by atoms with van der Waals surface area (Å²) in [4.78, 5) is 39.9. The molecule has 0 saturated heterocycles. The number of hydrogen-bond acceptors (Lipinski definition) is 6. The SMILES string of the molecule is Cc1ccc(NC(=O)COC(=O)CCc2c(C)nc3c(C(N)=O)cnn3c2C)cc1. The maximum atomic E-state index is 12.1. The molecule has 3 N–H and O–H groups in total. The Bertz CT molecular complexity index is 1120. The normalized spacial score (nSPS) is 10.8. The number of esters is 1. The van der Waals surface area contributed by atoms with Gasteiger partial charge >= 0.3 is 5.97 Å². The molecule has 0 aliphatic rings. The number of benzene rings is 1. The van der Waals surface area contributed by atoms with Crippen LogP contribution >= 0.6 is 0 Å². The molecular formula is C21H23N5O4. The van der Waals surface area contributed by atoms with E-state index in [2.05, 4.69) is 15.4 Å². The lowest BCUT2D eigenvalue weighted by atomic mass is 10.1. The van der Waals surface area contributed by atoms with Gasteiger partial charge in [0.2, 0.25) is 0 Å². The van der Waals surface area contributed by atoms with E-state index >= 15 is 0 Å². The molecule has 0 aliphatic carbocycles. The highest BCUT2D eigenvalue weighted by molar-refractivity contribution is 5.98. The number of rotatable bonds is 7. The van der Waals surface area contributed by atoms with Crippen molar-refractivity contribution in [2.24, 2.45) is 5.73 Å². The van der Waals surface area contributed by atoms with Gasteiger partial charge in [0.15, 0.2) is 12.3 Å². The van der Waals surface area contributed by atoms with Crippen molar-refractivity contribution in [1.29, 1.82) is 0 Å². The van der Waals surface area contributed by atoms with Crippen molar-refractivity contribution in [3.8, 4) is 0 Å². The van der Waals surface area contributed by atoms with Gasteiger partial charge in [-0.05, 0) is 44.9 Å². The van der Waals surface area contributed by atoms with E-state index in [1.165, 1.54) is 10.7 Å². The summed E-state index contributed by atoms with van der Waals surface area (Å²) in [5.41, 5.74) is 9.95. The lowest BCUT2D eigenvalue weighted by molar-refractivity contribution is -0.147. The van der Waals surface area contributed by atoms with E-state index < -0.39 is 17.8 Å².